The molecule has 1 saturated heterocycles. The summed E-state index contributed by atoms with van der Waals surface area (Å²) in [4.78, 5) is 0. The molecule has 3 N–H and O–H groups in total. The second-order valence-corrected chi connectivity index (χ2v) is 4.69. The molecule has 0 aromatic heterocycles. The molecular formula is C7H16N2O3S. The fraction of sp³-hybridized carbons (Fsp3) is 1.00. The van der Waals surface area contributed by atoms with Crippen LogP contribution in [0.2, 0.25) is 0 Å². The average Bonchev–Trinajstić information content (AvgIpc) is 2.03. The van der Waals surface area contributed by atoms with Gasteiger partial charge in [0.2, 0.25) is 0 Å². The minimum Gasteiger partial charge on any atom is -0.381 e. The topological polar surface area (TPSA) is 81.4 Å². The van der Waals surface area contributed by atoms with Crippen molar-refractivity contribution in [2.75, 3.05) is 13.2 Å². The van der Waals surface area contributed by atoms with Crippen LogP contribution in [0.25, 0.3) is 0 Å². The van der Waals surface area contributed by atoms with Crippen molar-refractivity contribution < 1.29 is 13.2 Å². The van der Waals surface area contributed by atoms with Gasteiger partial charge in [0.25, 0.3) is 10.2 Å². The first-order valence-electron chi connectivity index (χ1n) is 4.37. The van der Waals surface area contributed by atoms with Crippen molar-refractivity contribution in [2.24, 2.45) is 5.14 Å². The van der Waals surface area contributed by atoms with Crippen LogP contribution < -0.4 is 9.86 Å². The highest BCUT2D eigenvalue weighted by Crippen LogP contribution is 2.24. The van der Waals surface area contributed by atoms with E-state index in [1.807, 2.05) is 6.92 Å². The van der Waals surface area contributed by atoms with Crippen molar-refractivity contribution in [1.29, 1.82) is 0 Å². The van der Waals surface area contributed by atoms with E-state index >= 15 is 0 Å². The molecule has 0 unspecified atom stereocenters. The van der Waals surface area contributed by atoms with E-state index in [0.29, 0.717) is 26.1 Å². The van der Waals surface area contributed by atoms with Crippen molar-refractivity contribution in [3.63, 3.8) is 0 Å². The van der Waals surface area contributed by atoms with Crippen molar-refractivity contribution in [3.8, 4) is 0 Å². The number of nitrogens with one attached hydrogen (secondary N) is 1. The molecule has 0 amide bonds. The third-order valence-corrected chi connectivity index (χ3v) is 3.20. The molecule has 6 heteroatoms. The van der Waals surface area contributed by atoms with Crippen LogP contribution >= 0.6 is 0 Å². The minimum atomic E-state index is -3.60. The summed E-state index contributed by atoms with van der Waals surface area (Å²) in [5.74, 6) is 0. The smallest absolute Gasteiger partial charge is 0.274 e. The first-order chi connectivity index (χ1) is 5.97. The molecule has 0 bridgehead atoms. The molecule has 1 aliphatic rings. The second-order valence-electron chi connectivity index (χ2n) is 3.39. The first-order valence-corrected chi connectivity index (χ1v) is 5.91. The standard InChI is InChI=1S/C7H16N2O3S/c1-2-7(9-13(8,10)11)3-5-12-6-4-7/h9H,2-6H2,1H3,(H2,8,10,11). The molecule has 0 aromatic rings. The summed E-state index contributed by atoms with van der Waals surface area (Å²) in [6, 6.07) is 0. The number of hydrogen-bond donors (Lipinski definition) is 2. The van der Waals surface area contributed by atoms with Crippen LogP contribution in [0, 0.1) is 0 Å². The largest absolute Gasteiger partial charge is 0.381 e. The Morgan fingerprint density at radius 1 is 1.46 bits per heavy atom. The van der Waals surface area contributed by atoms with Gasteiger partial charge in [0.15, 0.2) is 0 Å². The molecule has 1 rings (SSSR count). The summed E-state index contributed by atoms with van der Waals surface area (Å²) in [7, 11) is -3.60. The summed E-state index contributed by atoms with van der Waals surface area (Å²) in [5.41, 5.74) is -0.383. The third kappa shape index (κ3) is 3.22. The van der Waals surface area contributed by atoms with Gasteiger partial charge >= 0.3 is 0 Å². The minimum absolute atomic E-state index is 0.383. The summed E-state index contributed by atoms with van der Waals surface area (Å²) in [6.07, 6.45) is 2.13. The average molecular weight is 208 g/mol. The third-order valence-electron chi connectivity index (χ3n) is 2.49. The van der Waals surface area contributed by atoms with E-state index < -0.39 is 10.2 Å². The quantitative estimate of drug-likeness (QED) is 0.670. The van der Waals surface area contributed by atoms with E-state index in [-0.39, 0.29) is 5.54 Å². The predicted octanol–water partition coefficient (Wildman–Crippen LogP) is -0.261. The van der Waals surface area contributed by atoms with Gasteiger partial charge in [0.05, 0.1) is 0 Å². The highest BCUT2D eigenvalue weighted by Gasteiger charge is 2.33. The summed E-state index contributed by atoms with van der Waals surface area (Å²) in [5, 5.41) is 4.95. The normalized spacial score (nSPS) is 22.9. The highest BCUT2D eigenvalue weighted by molar-refractivity contribution is 7.87. The summed E-state index contributed by atoms with van der Waals surface area (Å²) in [6.45, 7) is 3.14. The maximum absolute atomic E-state index is 10.9. The Hall–Kier alpha value is -0.170. The number of nitrogens with two attached hydrogens (primary N) is 1. The lowest BCUT2D eigenvalue weighted by molar-refractivity contribution is 0.0457. The van der Waals surface area contributed by atoms with Crippen molar-refractivity contribution in [2.45, 2.75) is 31.7 Å². The van der Waals surface area contributed by atoms with E-state index in [2.05, 4.69) is 4.72 Å². The fourth-order valence-electron chi connectivity index (χ4n) is 1.59. The van der Waals surface area contributed by atoms with Crippen LogP contribution in [-0.4, -0.2) is 27.2 Å². The van der Waals surface area contributed by atoms with Gasteiger partial charge in [-0.1, -0.05) is 6.92 Å². The molecule has 13 heavy (non-hydrogen) atoms. The Morgan fingerprint density at radius 3 is 2.38 bits per heavy atom. The molecule has 0 aromatic carbocycles. The Bertz CT molecular complexity index is 257. The van der Waals surface area contributed by atoms with Crippen LogP contribution in [0.4, 0.5) is 0 Å². The van der Waals surface area contributed by atoms with Gasteiger partial charge in [-0.15, -0.1) is 0 Å². The number of ether oxygens (including phenoxy) is 1. The van der Waals surface area contributed by atoms with Gasteiger partial charge in [-0.3, -0.25) is 0 Å². The zero-order valence-corrected chi connectivity index (χ0v) is 8.56. The summed E-state index contributed by atoms with van der Waals surface area (Å²) >= 11 is 0. The van der Waals surface area contributed by atoms with Crippen molar-refractivity contribution >= 4 is 10.2 Å². The van der Waals surface area contributed by atoms with E-state index in [4.69, 9.17) is 9.88 Å². The van der Waals surface area contributed by atoms with Gasteiger partial charge in [-0.05, 0) is 19.3 Å². The van der Waals surface area contributed by atoms with Crippen LogP contribution in [0.5, 0.6) is 0 Å². The van der Waals surface area contributed by atoms with E-state index in [0.717, 1.165) is 6.42 Å². The Labute approximate surface area is 78.8 Å². The Kier molecular flexibility index (Phi) is 3.28. The number of hydrogen-bond acceptors (Lipinski definition) is 3. The molecule has 78 valence electrons. The zero-order chi connectivity index (χ0) is 9.95. The maximum Gasteiger partial charge on any atom is 0.274 e. The highest BCUT2D eigenvalue weighted by atomic mass is 32.2. The lowest BCUT2D eigenvalue weighted by Gasteiger charge is -2.36. The lowest BCUT2D eigenvalue weighted by atomic mass is 9.89. The van der Waals surface area contributed by atoms with Crippen molar-refractivity contribution in [3.05, 3.63) is 0 Å². The molecule has 1 aliphatic heterocycles. The lowest BCUT2D eigenvalue weighted by Crippen LogP contribution is -2.53. The van der Waals surface area contributed by atoms with Crippen LogP contribution in [-0.2, 0) is 14.9 Å². The zero-order valence-electron chi connectivity index (χ0n) is 7.75. The molecule has 0 saturated carbocycles. The van der Waals surface area contributed by atoms with E-state index in [1.165, 1.54) is 0 Å². The maximum atomic E-state index is 10.9. The second kappa shape index (κ2) is 3.91. The number of rotatable bonds is 3. The first kappa shape index (κ1) is 10.9. The summed E-state index contributed by atoms with van der Waals surface area (Å²) < 4.78 is 29.4. The van der Waals surface area contributed by atoms with Gasteiger partial charge in [0.1, 0.15) is 0 Å². The van der Waals surface area contributed by atoms with E-state index in [1.54, 1.807) is 0 Å². The molecule has 5 nitrogen and oxygen atoms in total. The molecular weight excluding hydrogens is 192 g/mol. The Balaban J connectivity index is 2.68. The monoisotopic (exact) mass is 208 g/mol. The van der Waals surface area contributed by atoms with Gasteiger partial charge in [0, 0.05) is 18.8 Å². The molecule has 0 spiro atoms. The molecule has 0 radical (unpaired) electrons. The Morgan fingerprint density at radius 2 is 2.00 bits per heavy atom. The van der Waals surface area contributed by atoms with Gasteiger partial charge in [-0.2, -0.15) is 13.1 Å². The van der Waals surface area contributed by atoms with Crippen LogP contribution in [0.15, 0.2) is 0 Å². The molecule has 0 aliphatic carbocycles. The molecule has 1 fully saturated rings. The fourth-order valence-corrected chi connectivity index (χ4v) is 2.54. The van der Waals surface area contributed by atoms with E-state index in [9.17, 15) is 8.42 Å². The van der Waals surface area contributed by atoms with Gasteiger partial charge < -0.3 is 4.74 Å². The SMILES string of the molecule is CCC1(NS(N)(=O)=O)CCOCC1. The van der Waals surface area contributed by atoms with Crippen molar-refractivity contribution in [1.82, 2.24) is 4.72 Å². The predicted molar refractivity (Wildman–Crippen MR) is 49.3 cm³/mol. The van der Waals surface area contributed by atoms with Crippen LogP contribution in [0.1, 0.15) is 26.2 Å². The van der Waals surface area contributed by atoms with Crippen LogP contribution in [0.3, 0.4) is 0 Å². The molecule has 1 heterocycles. The molecule has 0 atom stereocenters. The van der Waals surface area contributed by atoms with Gasteiger partial charge in [-0.25, -0.2) is 5.14 Å².